The molecule has 0 bridgehead atoms. The summed E-state index contributed by atoms with van der Waals surface area (Å²) < 4.78 is 173. The van der Waals surface area contributed by atoms with Crippen molar-refractivity contribution in [2.75, 3.05) is 0 Å². The number of fused-ring (bicyclic) bond motifs is 4. The number of rotatable bonds is 3. The van der Waals surface area contributed by atoms with Crippen LogP contribution in [0.1, 0.15) is 91.2 Å². The lowest BCUT2D eigenvalue weighted by molar-refractivity contribution is 0.103. The fourth-order valence-corrected chi connectivity index (χ4v) is 8.13. The highest BCUT2D eigenvalue weighted by Gasteiger charge is 2.36. The van der Waals surface area contributed by atoms with Crippen molar-refractivity contribution in [3.63, 3.8) is 0 Å². The van der Waals surface area contributed by atoms with Gasteiger partial charge in [0.25, 0.3) is 0 Å². The van der Waals surface area contributed by atoms with E-state index in [1.165, 1.54) is 72.4 Å². The maximum Gasteiger partial charge on any atom is 0.139 e. The number of para-hydroxylation sites is 3. The molecule has 0 amide bonds. The van der Waals surface area contributed by atoms with Gasteiger partial charge in [-0.05, 0) is 110 Å². The van der Waals surface area contributed by atoms with Crippen LogP contribution in [0.25, 0.3) is 33.4 Å². The third kappa shape index (κ3) is 4.93. The Morgan fingerprint density at radius 2 is 1.16 bits per heavy atom. The average molecular weight is 677 g/mol. The van der Waals surface area contributed by atoms with Gasteiger partial charge in [0.15, 0.2) is 0 Å². The van der Waals surface area contributed by atoms with E-state index < -0.39 is 80.1 Å². The molecule has 2 aliphatic heterocycles. The molecule has 0 unspecified atom stereocenters. The summed E-state index contributed by atoms with van der Waals surface area (Å²) in [5.41, 5.74) is -7.23. The molecule has 0 atom stereocenters. The number of benzene rings is 6. The van der Waals surface area contributed by atoms with Gasteiger partial charge in [-0.3, -0.25) is 0 Å². The van der Waals surface area contributed by atoms with E-state index in [4.69, 9.17) is 34.1 Å². The van der Waals surface area contributed by atoms with Crippen molar-refractivity contribution in [2.24, 2.45) is 0 Å². The highest BCUT2D eigenvalue weighted by Crippen LogP contribution is 2.54. The molecular formula is C46H42O2S. The Bertz CT molecular complexity index is 2940. The minimum Gasteiger partial charge on any atom is -0.482 e. The van der Waals surface area contributed by atoms with Gasteiger partial charge in [0, 0.05) is 57.2 Å². The summed E-state index contributed by atoms with van der Waals surface area (Å²) in [4.78, 5) is 1.15. The van der Waals surface area contributed by atoms with Gasteiger partial charge in [-0.1, -0.05) is 116 Å². The molecule has 0 aromatic heterocycles. The maximum absolute atomic E-state index is 9.13. The minimum absolute atomic E-state index is 0.178. The zero-order valence-electron chi connectivity index (χ0n) is 44.6. The molecule has 0 aliphatic carbocycles. The second-order valence-corrected chi connectivity index (χ2v) is 13.7. The van der Waals surface area contributed by atoms with Crippen molar-refractivity contribution in [2.45, 2.75) is 75.8 Å². The quantitative estimate of drug-likeness (QED) is 0.186. The lowest BCUT2D eigenvalue weighted by atomic mass is 9.74. The summed E-state index contributed by atoms with van der Waals surface area (Å²) in [6.45, 7) is -15.4. The van der Waals surface area contributed by atoms with Gasteiger partial charge in [0.2, 0.25) is 0 Å². The van der Waals surface area contributed by atoms with Crippen LogP contribution in [0.3, 0.4) is 0 Å². The second-order valence-electron chi connectivity index (χ2n) is 12.7. The predicted octanol–water partition coefficient (Wildman–Crippen LogP) is 13.1. The van der Waals surface area contributed by atoms with Crippen molar-refractivity contribution in [1.29, 1.82) is 0 Å². The molecule has 0 saturated carbocycles. The van der Waals surface area contributed by atoms with E-state index in [2.05, 4.69) is 0 Å². The van der Waals surface area contributed by atoms with E-state index >= 15 is 0 Å². The molecule has 0 fully saturated rings. The van der Waals surface area contributed by atoms with E-state index in [0.29, 0.717) is 21.1 Å². The number of hydrogen-bond acceptors (Lipinski definition) is 3. The first-order valence-corrected chi connectivity index (χ1v) is 16.5. The lowest BCUT2D eigenvalue weighted by Crippen LogP contribution is -2.25. The van der Waals surface area contributed by atoms with Crippen LogP contribution in [0.5, 0.6) is 17.2 Å². The van der Waals surface area contributed by atoms with Gasteiger partial charge in [0.05, 0.1) is 4.90 Å². The molecule has 2 nitrogen and oxygen atoms in total. The summed E-state index contributed by atoms with van der Waals surface area (Å²) in [7, 11) is 0. The van der Waals surface area contributed by atoms with Crippen molar-refractivity contribution in [3.05, 3.63) is 148 Å². The molecule has 244 valence electrons. The van der Waals surface area contributed by atoms with E-state index in [0.717, 1.165) is 6.07 Å². The van der Waals surface area contributed by atoms with Crippen LogP contribution in [0, 0.1) is 27.4 Å². The smallest absolute Gasteiger partial charge is 0.139 e. The Labute approximate surface area is 320 Å². The van der Waals surface area contributed by atoms with E-state index in [1.807, 2.05) is 19.9 Å². The molecule has 2 heterocycles. The lowest BCUT2D eigenvalue weighted by Gasteiger charge is -2.35. The summed E-state index contributed by atoms with van der Waals surface area (Å²) in [6, 6.07) is 26.4. The van der Waals surface area contributed by atoms with Gasteiger partial charge >= 0.3 is 0 Å². The predicted molar refractivity (Wildman–Crippen MR) is 205 cm³/mol. The molecule has 0 saturated heterocycles. The van der Waals surface area contributed by atoms with Crippen molar-refractivity contribution < 1.29 is 34.1 Å². The first-order chi connectivity index (χ1) is 30.8. The molecule has 8 rings (SSSR count). The van der Waals surface area contributed by atoms with Gasteiger partial charge in [-0.2, -0.15) is 0 Å². The van der Waals surface area contributed by atoms with Crippen LogP contribution < -0.4 is 9.47 Å². The normalized spacial score (nSPS) is 22.1. The maximum atomic E-state index is 9.13. The van der Waals surface area contributed by atoms with Crippen LogP contribution >= 0.6 is 11.8 Å². The van der Waals surface area contributed by atoms with E-state index in [9.17, 15) is 0 Å². The largest absolute Gasteiger partial charge is 0.482 e. The van der Waals surface area contributed by atoms with E-state index in [1.54, 1.807) is 36.4 Å². The van der Waals surface area contributed by atoms with Gasteiger partial charge < -0.3 is 9.47 Å². The van der Waals surface area contributed by atoms with Crippen LogP contribution in [0.15, 0.2) is 119 Å². The molecule has 49 heavy (non-hydrogen) atoms. The third-order valence-corrected chi connectivity index (χ3v) is 10.5. The van der Waals surface area contributed by atoms with E-state index in [-0.39, 0.29) is 50.3 Å². The first kappa shape index (κ1) is 17.3. The summed E-state index contributed by atoms with van der Waals surface area (Å²) >= 11 is 1.25. The highest BCUT2D eigenvalue weighted by molar-refractivity contribution is 7.99. The standard InChI is InChI=1S/C46H42O2S/c1-27-23-25-31(29(3)41(27)33-15-13-18-36-43(33)47-38-20-10-9-17-35(38)45(36,5)6)32-26-24-28(2)42(30(32)4)34-16-14-19-37-44(34)49-40-22-12-11-21-39(40)48-46(37,7)8/h9-26H,1-8H3/i1D3,2D3,3D3,4D3,5D3,6D3. The van der Waals surface area contributed by atoms with Gasteiger partial charge in [0.1, 0.15) is 22.8 Å². The van der Waals surface area contributed by atoms with Crippen molar-refractivity contribution in [1.82, 2.24) is 0 Å². The highest BCUT2D eigenvalue weighted by atomic mass is 32.2. The Balaban J connectivity index is 1.53. The fourth-order valence-electron chi connectivity index (χ4n) is 6.85. The number of ether oxygens (including phenoxy) is 2. The summed E-state index contributed by atoms with van der Waals surface area (Å²) in [5.74, 6) is -0.0669. The molecule has 3 heteroatoms. The second kappa shape index (κ2) is 11.4. The minimum atomic E-state index is -3.29. The third-order valence-electron chi connectivity index (χ3n) is 9.25. The Hall–Kier alpha value is -4.73. The Kier molecular flexibility index (Phi) is 4.03. The number of aryl methyl sites for hydroxylation is 2. The topological polar surface area (TPSA) is 18.5 Å². The van der Waals surface area contributed by atoms with Crippen LogP contribution in [0.4, 0.5) is 0 Å². The van der Waals surface area contributed by atoms with Crippen LogP contribution in [-0.4, -0.2) is 0 Å². The zero-order chi connectivity index (χ0) is 49.2. The first-order valence-electron chi connectivity index (χ1n) is 24.7. The monoisotopic (exact) mass is 676 g/mol. The molecule has 6 aromatic rings. The molecular weight excluding hydrogens is 617 g/mol. The summed E-state index contributed by atoms with van der Waals surface area (Å²) in [6.07, 6.45) is 0. The molecule has 0 N–H and O–H groups in total. The SMILES string of the molecule is [2H]C([2H])([2H])c1ccc(-c2ccc(C([2H])([2H])[2H])c(-c3cccc4c3Sc3ccccc3OC4(C)C)c2C([2H])([2H])[2H])c(C([2H])([2H])[2H])c1-c1cccc2c1Oc1ccccc1C2(C([2H])([2H])[2H])C([2H])([2H])[2H]. The average Bonchev–Trinajstić information content (AvgIpc) is 3.31. The Morgan fingerprint density at radius 3 is 1.86 bits per heavy atom. The molecule has 2 aliphatic rings. The zero-order valence-corrected chi connectivity index (χ0v) is 27.4. The number of hydrogen-bond donors (Lipinski definition) is 0. The van der Waals surface area contributed by atoms with Gasteiger partial charge in [-0.15, -0.1) is 0 Å². The Morgan fingerprint density at radius 1 is 0.551 bits per heavy atom. The van der Waals surface area contributed by atoms with Gasteiger partial charge in [-0.25, -0.2) is 0 Å². The summed E-state index contributed by atoms with van der Waals surface area (Å²) in [5, 5.41) is 0. The van der Waals surface area contributed by atoms with Crippen LogP contribution in [-0.2, 0) is 11.0 Å². The molecule has 0 radical (unpaired) electrons. The van der Waals surface area contributed by atoms with Crippen molar-refractivity contribution >= 4 is 11.8 Å². The fraction of sp³-hybridized carbons (Fsp3) is 0.217. The van der Waals surface area contributed by atoms with Crippen LogP contribution in [0.2, 0.25) is 0 Å². The molecule has 6 aromatic carbocycles. The van der Waals surface area contributed by atoms with Crippen molar-refractivity contribution in [3.8, 4) is 50.6 Å². The molecule has 0 spiro atoms.